The van der Waals surface area contributed by atoms with Crippen molar-refractivity contribution in [1.82, 2.24) is 0 Å². The number of alkyl halides is 3. The molecule has 1 aromatic rings. The second-order valence-corrected chi connectivity index (χ2v) is 3.90. The number of hydrogen-bond acceptors (Lipinski definition) is 3. The average molecular weight is 311 g/mol. The van der Waals surface area contributed by atoms with Gasteiger partial charge in [0.15, 0.2) is 5.78 Å². The summed E-state index contributed by atoms with van der Waals surface area (Å²) < 4.78 is 39.8. The van der Waals surface area contributed by atoms with Crippen LogP contribution >= 0.6 is 15.9 Å². The summed E-state index contributed by atoms with van der Waals surface area (Å²) in [7, 11) is 0. The zero-order chi connectivity index (χ0) is 13.2. The van der Waals surface area contributed by atoms with Crippen molar-refractivity contribution < 1.29 is 27.5 Å². The van der Waals surface area contributed by atoms with E-state index in [1.165, 1.54) is 13.0 Å². The summed E-state index contributed by atoms with van der Waals surface area (Å²) in [5.41, 5.74) is -0.119. The Kier molecular flexibility index (Phi) is 3.92. The first-order chi connectivity index (χ1) is 7.74. The third-order valence-electron chi connectivity index (χ3n) is 1.80. The van der Waals surface area contributed by atoms with Crippen molar-refractivity contribution in [2.45, 2.75) is 13.3 Å². The molecule has 0 atom stereocenters. The van der Waals surface area contributed by atoms with E-state index in [9.17, 15) is 22.8 Å². The number of aldehydes is 1. The molecule has 0 radical (unpaired) electrons. The molecule has 1 aromatic carbocycles. The van der Waals surface area contributed by atoms with Crippen molar-refractivity contribution >= 4 is 28.0 Å². The van der Waals surface area contributed by atoms with E-state index in [0.29, 0.717) is 6.29 Å². The lowest BCUT2D eigenvalue weighted by Crippen LogP contribution is -2.18. The van der Waals surface area contributed by atoms with Gasteiger partial charge >= 0.3 is 6.36 Å². The van der Waals surface area contributed by atoms with Gasteiger partial charge in [-0.1, -0.05) is 0 Å². The van der Waals surface area contributed by atoms with Crippen LogP contribution in [0.4, 0.5) is 13.2 Å². The highest BCUT2D eigenvalue weighted by atomic mass is 79.9. The molecule has 0 fully saturated rings. The van der Waals surface area contributed by atoms with Crippen LogP contribution in [0.1, 0.15) is 27.6 Å². The number of halogens is 4. The van der Waals surface area contributed by atoms with Crippen LogP contribution in [0, 0.1) is 0 Å². The van der Waals surface area contributed by atoms with Gasteiger partial charge in [-0.25, -0.2) is 0 Å². The number of benzene rings is 1. The van der Waals surface area contributed by atoms with Crippen LogP contribution in [0.25, 0.3) is 0 Å². The molecule has 0 aliphatic rings. The van der Waals surface area contributed by atoms with Crippen LogP contribution in [0.5, 0.6) is 5.75 Å². The first-order valence-electron chi connectivity index (χ1n) is 4.30. The molecule has 0 amide bonds. The van der Waals surface area contributed by atoms with Crippen LogP contribution in [-0.4, -0.2) is 18.4 Å². The van der Waals surface area contributed by atoms with E-state index in [1.54, 1.807) is 0 Å². The van der Waals surface area contributed by atoms with Gasteiger partial charge in [0, 0.05) is 11.1 Å². The fourth-order valence-electron chi connectivity index (χ4n) is 1.14. The van der Waals surface area contributed by atoms with Gasteiger partial charge in [-0.2, -0.15) is 0 Å². The van der Waals surface area contributed by atoms with E-state index in [4.69, 9.17) is 0 Å². The van der Waals surface area contributed by atoms with Gasteiger partial charge in [0.05, 0.1) is 4.47 Å². The zero-order valence-corrected chi connectivity index (χ0v) is 10.1. The summed E-state index contributed by atoms with van der Waals surface area (Å²) in [6, 6.07) is 2.08. The van der Waals surface area contributed by atoms with Crippen LogP contribution in [0.3, 0.4) is 0 Å². The Balaban J connectivity index is 3.34. The molecule has 3 nitrogen and oxygen atoms in total. The van der Waals surface area contributed by atoms with Crippen molar-refractivity contribution in [3.8, 4) is 5.75 Å². The number of rotatable bonds is 3. The van der Waals surface area contributed by atoms with Crippen LogP contribution in [-0.2, 0) is 0 Å². The summed E-state index contributed by atoms with van der Waals surface area (Å²) in [6.45, 7) is 1.17. The molecule has 0 spiro atoms. The average Bonchev–Trinajstić information content (AvgIpc) is 2.18. The summed E-state index contributed by atoms with van der Waals surface area (Å²) in [6.07, 6.45) is -4.56. The summed E-state index contributed by atoms with van der Waals surface area (Å²) in [5.74, 6) is -1.10. The van der Waals surface area contributed by atoms with Crippen LogP contribution < -0.4 is 4.74 Å². The Morgan fingerprint density at radius 2 is 2.00 bits per heavy atom. The van der Waals surface area contributed by atoms with E-state index in [-0.39, 0.29) is 15.6 Å². The van der Waals surface area contributed by atoms with E-state index in [2.05, 4.69) is 20.7 Å². The highest BCUT2D eigenvalue weighted by Crippen LogP contribution is 2.34. The van der Waals surface area contributed by atoms with Gasteiger partial charge in [-0.05, 0) is 35.0 Å². The number of ketones is 1. The Bertz CT molecular complexity index is 469. The Morgan fingerprint density at radius 3 is 2.41 bits per heavy atom. The largest absolute Gasteiger partial charge is 0.573 e. The van der Waals surface area contributed by atoms with Gasteiger partial charge in [-0.15, -0.1) is 13.2 Å². The van der Waals surface area contributed by atoms with Crippen LogP contribution in [0.2, 0.25) is 0 Å². The van der Waals surface area contributed by atoms with E-state index >= 15 is 0 Å². The Labute approximate surface area is 103 Å². The minimum absolute atomic E-state index is 0.0474. The molecule has 0 N–H and O–H groups in total. The summed E-state index contributed by atoms with van der Waals surface area (Å²) in [4.78, 5) is 21.7. The topological polar surface area (TPSA) is 43.4 Å². The van der Waals surface area contributed by atoms with E-state index < -0.39 is 17.9 Å². The molecule has 17 heavy (non-hydrogen) atoms. The lowest BCUT2D eigenvalue weighted by atomic mass is 10.1. The smallest absolute Gasteiger partial charge is 0.405 e. The maximum Gasteiger partial charge on any atom is 0.573 e. The molecule has 7 heteroatoms. The monoisotopic (exact) mass is 310 g/mol. The zero-order valence-electron chi connectivity index (χ0n) is 8.47. The molecular weight excluding hydrogens is 305 g/mol. The minimum Gasteiger partial charge on any atom is -0.405 e. The molecule has 0 aliphatic heterocycles. The molecular formula is C10H6BrF3O3. The molecule has 92 valence electrons. The minimum atomic E-state index is -4.89. The lowest BCUT2D eigenvalue weighted by molar-refractivity contribution is -0.274. The van der Waals surface area contributed by atoms with Gasteiger partial charge in [-0.3, -0.25) is 9.59 Å². The molecule has 0 aliphatic carbocycles. The normalized spacial score (nSPS) is 11.1. The second kappa shape index (κ2) is 4.87. The quantitative estimate of drug-likeness (QED) is 0.635. The summed E-state index contributed by atoms with van der Waals surface area (Å²) in [5, 5.41) is 0. The molecule has 0 aromatic heterocycles. The molecule has 0 saturated heterocycles. The molecule has 0 heterocycles. The predicted octanol–water partition coefficient (Wildman–Crippen LogP) is 3.36. The first-order valence-corrected chi connectivity index (χ1v) is 5.09. The maximum atomic E-state index is 12.1. The number of Topliss-reactive ketones (excluding diaryl/α,β-unsaturated/α-hetero) is 1. The number of ether oxygens (including phenoxy) is 1. The second-order valence-electron chi connectivity index (χ2n) is 3.10. The Hall–Kier alpha value is -1.37. The molecule has 0 bridgehead atoms. The number of hydrogen-bond donors (Lipinski definition) is 0. The van der Waals surface area contributed by atoms with E-state index in [1.807, 2.05) is 0 Å². The fourth-order valence-corrected chi connectivity index (χ4v) is 1.73. The van der Waals surface area contributed by atoms with E-state index in [0.717, 1.165) is 6.07 Å². The van der Waals surface area contributed by atoms with Gasteiger partial charge < -0.3 is 4.74 Å². The maximum absolute atomic E-state index is 12.1. The fraction of sp³-hybridized carbons (Fsp3) is 0.200. The standard InChI is InChI=1S/C10H6BrF3O3/c1-5(16)7-2-6(4-15)3-8(9(7)11)17-10(12,13)14/h2-4H,1H3. The van der Waals surface area contributed by atoms with Crippen LogP contribution in [0.15, 0.2) is 16.6 Å². The van der Waals surface area contributed by atoms with Crippen molar-refractivity contribution in [3.05, 3.63) is 27.7 Å². The third kappa shape index (κ3) is 3.55. The number of carbonyl (C=O) groups excluding carboxylic acids is 2. The number of carbonyl (C=O) groups is 2. The Morgan fingerprint density at radius 1 is 1.41 bits per heavy atom. The SMILES string of the molecule is CC(=O)c1cc(C=O)cc(OC(F)(F)F)c1Br. The van der Waals surface area contributed by atoms with Crippen molar-refractivity contribution in [2.75, 3.05) is 0 Å². The molecule has 0 saturated carbocycles. The highest BCUT2D eigenvalue weighted by Gasteiger charge is 2.32. The van der Waals surface area contributed by atoms with Crippen molar-refractivity contribution in [1.29, 1.82) is 0 Å². The van der Waals surface area contributed by atoms with Crippen molar-refractivity contribution in [2.24, 2.45) is 0 Å². The van der Waals surface area contributed by atoms with Crippen molar-refractivity contribution in [3.63, 3.8) is 0 Å². The van der Waals surface area contributed by atoms with Gasteiger partial charge in [0.25, 0.3) is 0 Å². The molecule has 1 rings (SSSR count). The van der Waals surface area contributed by atoms with Gasteiger partial charge in [0.2, 0.25) is 0 Å². The predicted molar refractivity (Wildman–Crippen MR) is 56.2 cm³/mol. The van der Waals surface area contributed by atoms with Gasteiger partial charge in [0.1, 0.15) is 12.0 Å². The molecule has 0 unspecified atom stereocenters. The first kappa shape index (κ1) is 13.7. The summed E-state index contributed by atoms with van der Waals surface area (Å²) >= 11 is 2.84. The lowest BCUT2D eigenvalue weighted by Gasteiger charge is -2.12. The highest BCUT2D eigenvalue weighted by molar-refractivity contribution is 9.10. The third-order valence-corrected chi connectivity index (χ3v) is 2.62.